The van der Waals surface area contributed by atoms with Crippen LogP contribution in [0.25, 0.3) is 10.2 Å². The highest BCUT2D eigenvalue weighted by atomic mass is 35.5. The second-order valence-electron chi connectivity index (χ2n) is 6.39. The Labute approximate surface area is 174 Å². The Morgan fingerprint density at radius 2 is 2.14 bits per heavy atom. The molecule has 2 heterocycles. The van der Waals surface area contributed by atoms with E-state index in [1.807, 2.05) is 13.0 Å². The Balaban J connectivity index is 1.76. The molecule has 4 rings (SSSR count). The number of benzene rings is 2. The summed E-state index contributed by atoms with van der Waals surface area (Å²) < 4.78 is 6.46. The number of amides is 1. The number of hydrogen-bond acceptors (Lipinski definition) is 5. The van der Waals surface area contributed by atoms with Crippen LogP contribution in [0, 0.1) is 6.92 Å². The monoisotopic (exact) mass is 436 g/mol. The van der Waals surface area contributed by atoms with Crippen LogP contribution in [-0.2, 0) is 16.1 Å². The SMILES string of the molecule is Cc1cccc2c1N(Cc1nc3cc(Cl)cc(Cl)c3s1)C(=O)C(CC(=O)O)O2. The van der Waals surface area contributed by atoms with E-state index in [9.17, 15) is 9.59 Å². The number of halogens is 2. The Morgan fingerprint density at radius 1 is 1.36 bits per heavy atom. The number of aromatic nitrogens is 1. The minimum Gasteiger partial charge on any atom is -0.481 e. The van der Waals surface area contributed by atoms with Crippen LogP contribution in [0.3, 0.4) is 0 Å². The zero-order valence-corrected chi connectivity index (χ0v) is 16.9. The van der Waals surface area contributed by atoms with Gasteiger partial charge in [-0.1, -0.05) is 35.3 Å². The molecule has 1 amide bonds. The first-order chi connectivity index (χ1) is 13.3. The van der Waals surface area contributed by atoms with E-state index in [2.05, 4.69) is 4.98 Å². The summed E-state index contributed by atoms with van der Waals surface area (Å²) in [7, 11) is 0. The summed E-state index contributed by atoms with van der Waals surface area (Å²) in [5, 5.41) is 10.8. The van der Waals surface area contributed by atoms with Gasteiger partial charge in [0.05, 0.1) is 33.9 Å². The molecule has 1 aromatic heterocycles. The molecule has 0 saturated heterocycles. The van der Waals surface area contributed by atoms with Gasteiger partial charge in [0.1, 0.15) is 10.8 Å². The van der Waals surface area contributed by atoms with Gasteiger partial charge in [0.15, 0.2) is 6.10 Å². The zero-order valence-electron chi connectivity index (χ0n) is 14.6. The number of carbonyl (C=O) groups excluding carboxylic acids is 1. The van der Waals surface area contributed by atoms with Crippen molar-refractivity contribution in [3.05, 3.63) is 50.9 Å². The molecule has 1 aliphatic rings. The fourth-order valence-corrected chi connectivity index (χ4v) is 4.75. The second kappa shape index (κ2) is 7.24. The topological polar surface area (TPSA) is 79.7 Å². The number of para-hydroxylation sites is 1. The first-order valence-corrected chi connectivity index (χ1v) is 9.94. The van der Waals surface area contributed by atoms with E-state index in [-0.39, 0.29) is 6.54 Å². The average molecular weight is 437 g/mol. The van der Waals surface area contributed by atoms with Crippen LogP contribution in [0.15, 0.2) is 30.3 Å². The summed E-state index contributed by atoms with van der Waals surface area (Å²) in [6.45, 7) is 2.05. The maximum atomic E-state index is 13.0. The van der Waals surface area contributed by atoms with E-state index in [0.717, 1.165) is 10.3 Å². The molecule has 0 aliphatic carbocycles. The van der Waals surface area contributed by atoms with Crippen molar-refractivity contribution in [1.29, 1.82) is 0 Å². The number of thiazole rings is 1. The predicted octanol–water partition coefficient (Wildman–Crippen LogP) is 4.68. The van der Waals surface area contributed by atoms with Gasteiger partial charge in [0, 0.05) is 5.02 Å². The fourth-order valence-electron chi connectivity index (χ4n) is 3.21. The van der Waals surface area contributed by atoms with Gasteiger partial charge >= 0.3 is 5.97 Å². The molecular formula is C19H14Cl2N2O4S. The van der Waals surface area contributed by atoms with Crippen molar-refractivity contribution in [2.45, 2.75) is 26.0 Å². The number of ether oxygens (including phenoxy) is 1. The molecule has 6 nitrogen and oxygen atoms in total. The van der Waals surface area contributed by atoms with Gasteiger partial charge in [-0.05, 0) is 30.7 Å². The second-order valence-corrected chi connectivity index (χ2v) is 8.32. The Bertz CT molecular complexity index is 1110. The first kappa shape index (κ1) is 19.0. The van der Waals surface area contributed by atoms with E-state index in [1.54, 1.807) is 24.3 Å². The van der Waals surface area contributed by atoms with E-state index in [4.69, 9.17) is 33.0 Å². The fraction of sp³-hybridized carbons (Fsp3) is 0.211. The van der Waals surface area contributed by atoms with Gasteiger partial charge in [0.2, 0.25) is 0 Å². The smallest absolute Gasteiger partial charge is 0.307 e. The Hall–Kier alpha value is -2.35. The molecule has 0 fully saturated rings. The molecule has 0 saturated carbocycles. The lowest BCUT2D eigenvalue weighted by molar-refractivity contribution is -0.142. The summed E-state index contributed by atoms with van der Waals surface area (Å²) in [5.74, 6) is -1.03. The van der Waals surface area contributed by atoms with E-state index >= 15 is 0 Å². The number of anilines is 1. The standard InChI is InChI=1S/C19H14Cl2N2O4S/c1-9-3-2-4-13-17(9)23(19(26)14(27-13)7-16(24)25)8-15-22-12-6-10(20)5-11(21)18(12)28-15/h2-6,14H,7-8H2,1H3,(H,24,25). The van der Waals surface area contributed by atoms with Gasteiger partial charge in [-0.3, -0.25) is 14.5 Å². The van der Waals surface area contributed by atoms with Gasteiger partial charge in [-0.2, -0.15) is 0 Å². The average Bonchev–Trinajstić information content (AvgIpc) is 3.01. The van der Waals surface area contributed by atoms with Crippen LogP contribution in [0.1, 0.15) is 17.0 Å². The molecule has 0 bridgehead atoms. The third kappa shape index (κ3) is 3.41. The predicted molar refractivity (Wildman–Crippen MR) is 109 cm³/mol. The minimum absolute atomic E-state index is 0.184. The highest BCUT2D eigenvalue weighted by Gasteiger charge is 2.37. The highest BCUT2D eigenvalue weighted by Crippen LogP contribution is 2.40. The van der Waals surface area contributed by atoms with Crippen molar-refractivity contribution in [3.63, 3.8) is 0 Å². The van der Waals surface area contributed by atoms with Crippen molar-refractivity contribution in [2.75, 3.05) is 4.90 Å². The quantitative estimate of drug-likeness (QED) is 0.641. The molecule has 1 aliphatic heterocycles. The molecule has 144 valence electrons. The van der Waals surface area contributed by atoms with Gasteiger partial charge < -0.3 is 9.84 Å². The van der Waals surface area contributed by atoms with Gasteiger partial charge in [-0.15, -0.1) is 11.3 Å². The molecule has 28 heavy (non-hydrogen) atoms. The number of carboxylic acid groups (broad SMARTS) is 1. The maximum absolute atomic E-state index is 13.0. The van der Waals surface area contributed by atoms with Gasteiger partial charge in [0.25, 0.3) is 5.91 Å². The van der Waals surface area contributed by atoms with Crippen LogP contribution in [0.5, 0.6) is 5.75 Å². The van der Waals surface area contributed by atoms with Crippen molar-refractivity contribution >= 4 is 62.3 Å². The van der Waals surface area contributed by atoms with Crippen molar-refractivity contribution in [2.24, 2.45) is 0 Å². The van der Waals surface area contributed by atoms with Crippen molar-refractivity contribution in [1.82, 2.24) is 4.98 Å². The third-order valence-electron chi connectivity index (χ3n) is 4.39. The number of rotatable bonds is 4. The van der Waals surface area contributed by atoms with E-state index in [0.29, 0.717) is 32.0 Å². The number of nitrogens with zero attached hydrogens (tertiary/aromatic N) is 2. The Morgan fingerprint density at radius 3 is 2.89 bits per heavy atom. The number of hydrogen-bond donors (Lipinski definition) is 1. The molecule has 3 aromatic rings. The van der Waals surface area contributed by atoms with Crippen LogP contribution < -0.4 is 9.64 Å². The number of fused-ring (bicyclic) bond motifs is 2. The summed E-state index contributed by atoms with van der Waals surface area (Å²) in [4.78, 5) is 30.2. The minimum atomic E-state index is -1.10. The largest absolute Gasteiger partial charge is 0.481 e. The van der Waals surface area contributed by atoms with Gasteiger partial charge in [-0.25, -0.2) is 4.98 Å². The normalized spacial score (nSPS) is 16.2. The number of aryl methyl sites for hydroxylation is 1. The molecule has 2 aromatic carbocycles. The number of carbonyl (C=O) groups is 2. The summed E-state index contributed by atoms with van der Waals surface area (Å²) in [6, 6.07) is 8.77. The summed E-state index contributed by atoms with van der Waals surface area (Å²) in [6.07, 6.45) is -1.50. The van der Waals surface area contributed by atoms with Crippen LogP contribution in [-0.4, -0.2) is 28.1 Å². The lowest BCUT2D eigenvalue weighted by atomic mass is 10.1. The molecule has 0 spiro atoms. The molecule has 0 radical (unpaired) electrons. The summed E-state index contributed by atoms with van der Waals surface area (Å²) in [5.41, 5.74) is 2.13. The van der Waals surface area contributed by atoms with Crippen LogP contribution in [0.2, 0.25) is 10.0 Å². The third-order valence-corrected chi connectivity index (χ3v) is 6.11. The molecule has 1 unspecified atom stereocenters. The lowest BCUT2D eigenvalue weighted by Crippen LogP contribution is -2.46. The zero-order chi connectivity index (χ0) is 20.0. The Kier molecular flexibility index (Phi) is 4.91. The lowest BCUT2D eigenvalue weighted by Gasteiger charge is -2.34. The molecule has 1 atom stereocenters. The van der Waals surface area contributed by atoms with Crippen LogP contribution >= 0.6 is 34.5 Å². The number of aliphatic carboxylic acids is 1. The first-order valence-electron chi connectivity index (χ1n) is 8.37. The highest BCUT2D eigenvalue weighted by molar-refractivity contribution is 7.19. The van der Waals surface area contributed by atoms with E-state index in [1.165, 1.54) is 16.2 Å². The van der Waals surface area contributed by atoms with Crippen molar-refractivity contribution in [3.8, 4) is 5.75 Å². The van der Waals surface area contributed by atoms with Crippen molar-refractivity contribution < 1.29 is 19.4 Å². The summed E-state index contributed by atoms with van der Waals surface area (Å²) >= 11 is 13.7. The number of carboxylic acids is 1. The van der Waals surface area contributed by atoms with Crippen LogP contribution in [0.4, 0.5) is 5.69 Å². The maximum Gasteiger partial charge on any atom is 0.307 e. The molecule has 1 N–H and O–H groups in total. The molecular weight excluding hydrogens is 423 g/mol. The van der Waals surface area contributed by atoms with E-state index < -0.39 is 24.4 Å². The molecule has 9 heteroatoms.